The van der Waals surface area contributed by atoms with E-state index in [4.69, 9.17) is 5.26 Å². The summed E-state index contributed by atoms with van der Waals surface area (Å²) in [5.74, 6) is -0.403. The van der Waals surface area contributed by atoms with Crippen molar-refractivity contribution in [2.45, 2.75) is 43.5 Å². The molecule has 0 spiro atoms. The maximum Gasteiger partial charge on any atom is 0.243 e. The predicted molar refractivity (Wildman–Crippen MR) is 77.5 cm³/mol. The number of rotatable bonds is 3. The molecule has 2 atom stereocenters. The van der Waals surface area contributed by atoms with Gasteiger partial charge in [-0.1, -0.05) is 19.8 Å². The zero-order valence-corrected chi connectivity index (χ0v) is 13.0. The zero-order valence-electron chi connectivity index (χ0n) is 12.2. The van der Waals surface area contributed by atoms with Gasteiger partial charge in [-0.2, -0.15) is 9.57 Å². The highest BCUT2D eigenvalue weighted by atomic mass is 32.2. The van der Waals surface area contributed by atoms with Crippen molar-refractivity contribution in [3.05, 3.63) is 29.6 Å². The van der Waals surface area contributed by atoms with Crippen molar-refractivity contribution in [3.8, 4) is 6.07 Å². The summed E-state index contributed by atoms with van der Waals surface area (Å²) in [7, 11) is -2.14. The molecule has 0 amide bonds. The van der Waals surface area contributed by atoms with E-state index in [1.165, 1.54) is 10.4 Å². The van der Waals surface area contributed by atoms with Gasteiger partial charge in [-0.15, -0.1) is 0 Å². The van der Waals surface area contributed by atoms with Crippen LogP contribution >= 0.6 is 0 Å². The molecule has 0 aliphatic heterocycles. The van der Waals surface area contributed by atoms with E-state index < -0.39 is 15.8 Å². The Morgan fingerprint density at radius 2 is 2.00 bits per heavy atom. The average Bonchev–Trinajstić information content (AvgIpc) is 2.47. The smallest absolute Gasteiger partial charge is 0.207 e. The van der Waals surface area contributed by atoms with Gasteiger partial charge in [-0.3, -0.25) is 0 Å². The lowest BCUT2D eigenvalue weighted by Crippen LogP contribution is -2.42. The Hall–Kier alpha value is -1.45. The molecule has 0 bridgehead atoms. The van der Waals surface area contributed by atoms with Crippen molar-refractivity contribution in [3.63, 3.8) is 0 Å². The van der Waals surface area contributed by atoms with Crippen LogP contribution in [0.3, 0.4) is 0 Å². The molecule has 1 aliphatic carbocycles. The molecule has 2 rings (SSSR count). The van der Waals surface area contributed by atoms with Gasteiger partial charge in [-0.25, -0.2) is 12.8 Å². The Kier molecular flexibility index (Phi) is 4.64. The van der Waals surface area contributed by atoms with Crippen LogP contribution in [0.5, 0.6) is 0 Å². The van der Waals surface area contributed by atoms with Crippen LogP contribution in [0.2, 0.25) is 0 Å². The molecule has 0 heterocycles. The number of halogens is 1. The minimum absolute atomic E-state index is 0.0271. The summed E-state index contributed by atoms with van der Waals surface area (Å²) >= 11 is 0. The third-order valence-corrected chi connectivity index (χ3v) is 6.15. The van der Waals surface area contributed by atoms with Crippen molar-refractivity contribution in [2.24, 2.45) is 5.92 Å². The predicted octanol–water partition coefficient (Wildman–Crippen LogP) is 2.90. The second-order valence-corrected chi connectivity index (χ2v) is 7.60. The molecule has 21 heavy (non-hydrogen) atoms. The molecule has 1 fully saturated rings. The van der Waals surface area contributed by atoms with E-state index in [9.17, 15) is 12.8 Å². The number of sulfonamides is 1. The summed E-state index contributed by atoms with van der Waals surface area (Å²) < 4.78 is 40.0. The van der Waals surface area contributed by atoms with Crippen LogP contribution in [0.4, 0.5) is 4.39 Å². The highest BCUT2D eigenvalue weighted by Crippen LogP contribution is 2.31. The molecule has 1 aromatic carbocycles. The van der Waals surface area contributed by atoms with Gasteiger partial charge in [0, 0.05) is 13.1 Å². The van der Waals surface area contributed by atoms with Crippen molar-refractivity contribution in [1.29, 1.82) is 5.26 Å². The van der Waals surface area contributed by atoms with Gasteiger partial charge < -0.3 is 0 Å². The standard InChI is InChI=1S/C15H19FN2O2S/c1-11-5-3-4-6-15(11)18(2)21(19,20)13-7-8-14(16)12(9-13)10-17/h7-9,11,15H,3-6H2,1-2H3. The quantitative estimate of drug-likeness (QED) is 0.862. The summed E-state index contributed by atoms with van der Waals surface area (Å²) in [5, 5.41) is 8.84. The van der Waals surface area contributed by atoms with Crippen molar-refractivity contribution < 1.29 is 12.8 Å². The Bertz CT molecular complexity index is 667. The van der Waals surface area contributed by atoms with Crippen LogP contribution in [-0.2, 0) is 10.0 Å². The third kappa shape index (κ3) is 3.09. The number of nitriles is 1. The van der Waals surface area contributed by atoms with Gasteiger partial charge in [0.1, 0.15) is 11.9 Å². The minimum Gasteiger partial charge on any atom is -0.207 e. The van der Waals surface area contributed by atoms with E-state index in [2.05, 4.69) is 6.92 Å². The molecule has 1 aromatic rings. The zero-order chi connectivity index (χ0) is 15.6. The number of benzene rings is 1. The van der Waals surface area contributed by atoms with E-state index in [1.54, 1.807) is 13.1 Å². The molecule has 2 unspecified atom stereocenters. The lowest BCUT2D eigenvalue weighted by atomic mass is 9.86. The van der Waals surface area contributed by atoms with E-state index in [1.807, 2.05) is 0 Å². The maximum absolute atomic E-state index is 13.3. The molecular weight excluding hydrogens is 291 g/mol. The lowest BCUT2D eigenvalue weighted by Gasteiger charge is -2.35. The molecule has 114 valence electrons. The van der Waals surface area contributed by atoms with Crippen LogP contribution in [0.25, 0.3) is 0 Å². The topological polar surface area (TPSA) is 61.2 Å². The molecule has 0 N–H and O–H groups in total. The van der Waals surface area contributed by atoms with Gasteiger partial charge in [-0.05, 0) is 37.0 Å². The average molecular weight is 310 g/mol. The SMILES string of the molecule is CC1CCCCC1N(C)S(=O)(=O)c1ccc(F)c(C#N)c1. The molecular formula is C15H19FN2O2S. The molecule has 1 aliphatic rings. The minimum atomic E-state index is -3.71. The maximum atomic E-state index is 13.3. The molecule has 1 saturated carbocycles. The van der Waals surface area contributed by atoms with Crippen molar-refractivity contribution >= 4 is 10.0 Å². The molecule has 4 nitrogen and oxygen atoms in total. The fourth-order valence-corrected chi connectivity index (χ4v) is 4.44. The molecule has 0 saturated heterocycles. The van der Waals surface area contributed by atoms with E-state index in [0.29, 0.717) is 5.92 Å². The third-order valence-electron chi connectivity index (χ3n) is 4.27. The molecule has 0 aromatic heterocycles. The Labute approximate surface area is 125 Å². The number of hydrogen-bond donors (Lipinski definition) is 0. The monoisotopic (exact) mass is 310 g/mol. The Morgan fingerprint density at radius 3 is 2.62 bits per heavy atom. The van der Waals surface area contributed by atoms with Gasteiger partial charge in [0.05, 0.1) is 10.5 Å². The second-order valence-electron chi connectivity index (χ2n) is 5.60. The van der Waals surface area contributed by atoms with Crippen LogP contribution in [0, 0.1) is 23.1 Å². The highest BCUT2D eigenvalue weighted by Gasteiger charge is 2.33. The van der Waals surface area contributed by atoms with E-state index in [-0.39, 0.29) is 16.5 Å². The van der Waals surface area contributed by atoms with Crippen LogP contribution in [0.15, 0.2) is 23.1 Å². The van der Waals surface area contributed by atoms with Crippen molar-refractivity contribution in [2.75, 3.05) is 7.05 Å². The van der Waals surface area contributed by atoms with Crippen LogP contribution < -0.4 is 0 Å². The number of hydrogen-bond acceptors (Lipinski definition) is 3. The first-order valence-corrected chi connectivity index (χ1v) is 8.49. The summed E-state index contributed by atoms with van der Waals surface area (Å²) in [6.45, 7) is 2.06. The highest BCUT2D eigenvalue weighted by molar-refractivity contribution is 7.89. The molecule has 0 radical (unpaired) electrons. The van der Waals surface area contributed by atoms with Gasteiger partial charge in [0.15, 0.2) is 0 Å². The van der Waals surface area contributed by atoms with E-state index in [0.717, 1.165) is 37.8 Å². The summed E-state index contributed by atoms with van der Waals surface area (Å²) in [6.07, 6.45) is 3.99. The van der Waals surface area contributed by atoms with Crippen molar-refractivity contribution in [1.82, 2.24) is 4.31 Å². The molecule has 6 heteroatoms. The Balaban J connectivity index is 2.35. The second kappa shape index (κ2) is 6.12. The summed E-state index contributed by atoms with van der Waals surface area (Å²) in [4.78, 5) is -0.0271. The van der Waals surface area contributed by atoms with Gasteiger partial charge in [0.25, 0.3) is 0 Å². The van der Waals surface area contributed by atoms with E-state index >= 15 is 0 Å². The fraction of sp³-hybridized carbons (Fsp3) is 0.533. The Morgan fingerprint density at radius 1 is 1.33 bits per heavy atom. The fourth-order valence-electron chi connectivity index (χ4n) is 2.93. The largest absolute Gasteiger partial charge is 0.243 e. The first-order valence-electron chi connectivity index (χ1n) is 7.05. The lowest BCUT2D eigenvalue weighted by molar-refractivity contribution is 0.213. The van der Waals surface area contributed by atoms with Crippen LogP contribution in [0.1, 0.15) is 38.2 Å². The number of nitrogens with zero attached hydrogens (tertiary/aromatic N) is 2. The summed E-state index contributed by atoms with van der Waals surface area (Å²) in [6, 6.07) is 4.99. The van der Waals surface area contributed by atoms with Gasteiger partial charge in [0.2, 0.25) is 10.0 Å². The first-order chi connectivity index (χ1) is 9.87. The normalized spacial score (nSPS) is 23.0. The summed E-state index contributed by atoms with van der Waals surface area (Å²) in [5.41, 5.74) is -0.249. The van der Waals surface area contributed by atoms with Crippen LogP contribution in [-0.4, -0.2) is 25.8 Å². The first kappa shape index (κ1) is 15.9. The van der Waals surface area contributed by atoms with Gasteiger partial charge >= 0.3 is 0 Å².